The topological polar surface area (TPSA) is 73.0 Å². The molecule has 6 nitrogen and oxygen atoms in total. The Morgan fingerprint density at radius 2 is 2.11 bits per heavy atom. The maximum absolute atomic E-state index is 10.6. The van der Waals surface area contributed by atoms with E-state index < -0.39 is 4.92 Å². The van der Waals surface area contributed by atoms with Crippen LogP contribution in [0.5, 0.6) is 0 Å². The van der Waals surface area contributed by atoms with Gasteiger partial charge < -0.3 is 9.88 Å². The van der Waals surface area contributed by atoms with Crippen molar-refractivity contribution in [3.63, 3.8) is 0 Å². The molecule has 1 atom stereocenters. The molecule has 0 amide bonds. The van der Waals surface area contributed by atoms with Gasteiger partial charge in [-0.1, -0.05) is 12.1 Å². The Morgan fingerprint density at radius 1 is 1.42 bits per heavy atom. The van der Waals surface area contributed by atoms with Crippen LogP contribution in [0.2, 0.25) is 0 Å². The molecule has 0 radical (unpaired) electrons. The molecule has 1 N–H and O–H groups in total. The highest BCUT2D eigenvalue weighted by molar-refractivity contribution is 5.32. The molecule has 2 rings (SSSR count). The minimum Gasteiger partial charge on any atom is -0.337 e. The predicted octanol–water partition coefficient (Wildman–Crippen LogP) is 2.18. The zero-order valence-electron chi connectivity index (χ0n) is 10.9. The van der Waals surface area contributed by atoms with Crippen LogP contribution in [0.15, 0.2) is 36.7 Å². The third-order valence-electron chi connectivity index (χ3n) is 3.01. The van der Waals surface area contributed by atoms with Gasteiger partial charge in [0.2, 0.25) is 0 Å². The number of nitro benzene ring substituents is 1. The Kier molecular flexibility index (Phi) is 3.91. The molecule has 1 aromatic heterocycles. The molecule has 0 saturated carbocycles. The van der Waals surface area contributed by atoms with E-state index in [1.54, 1.807) is 18.3 Å². The van der Waals surface area contributed by atoms with E-state index in [1.807, 2.05) is 24.7 Å². The number of aryl methyl sites for hydroxylation is 1. The Morgan fingerprint density at radius 3 is 2.63 bits per heavy atom. The normalized spacial score (nSPS) is 12.3. The zero-order valence-corrected chi connectivity index (χ0v) is 10.9. The zero-order chi connectivity index (χ0) is 13.8. The van der Waals surface area contributed by atoms with Gasteiger partial charge in [0, 0.05) is 38.1 Å². The van der Waals surface area contributed by atoms with Gasteiger partial charge in [-0.25, -0.2) is 4.98 Å². The van der Waals surface area contributed by atoms with Crippen LogP contribution in [0, 0.1) is 10.1 Å². The molecule has 100 valence electrons. The highest BCUT2D eigenvalue weighted by Gasteiger charge is 2.10. The van der Waals surface area contributed by atoms with E-state index in [0.29, 0.717) is 6.54 Å². The number of aromatic nitrogens is 2. The van der Waals surface area contributed by atoms with Gasteiger partial charge in [-0.3, -0.25) is 10.1 Å². The lowest BCUT2D eigenvalue weighted by atomic mass is 10.2. The Labute approximate surface area is 111 Å². The molecule has 0 aliphatic heterocycles. The van der Waals surface area contributed by atoms with E-state index in [4.69, 9.17) is 0 Å². The summed E-state index contributed by atoms with van der Waals surface area (Å²) in [5, 5.41) is 13.9. The largest absolute Gasteiger partial charge is 0.337 e. The van der Waals surface area contributed by atoms with Crippen molar-refractivity contribution in [1.82, 2.24) is 14.9 Å². The van der Waals surface area contributed by atoms with E-state index in [-0.39, 0.29) is 11.7 Å². The van der Waals surface area contributed by atoms with Gasteiger partial charge in [-0.05, 0) is 12.5 Å². The molecule has 6 heteroatoms. The van der Waals surface area contributed by atoms with Crippen LogP contribution in [0.4, 0.5) is 5.69 Å². The van der Waals surface area contributed by atoms with E-state index in [0.717, 1.165) is 11.4 Å². The molecular weight excluding hydrogens is 244 g/mol. The minimum absolute atomic E-state index is 0.112. The van der Waals surface area contributed by atoms with Crippen LogP contribution in [-0.4, -0.2) is 14.5 Å². The number of non-ortho nitro benzene ring substituents is 1. The Hall–Kier alpha value is -2.21. The van der Waals surface area contributed by atoms with Gasteiger partial charge in [0.15, 0.2) is 0 Å². The van der Waals surface area contributed by atoms with Crippen LogP contribution >= 0.6 is 0 Å². The summed E-state index contributed by atoms with van der Waals surface area (Å²) in [6, 6.07) is 6.67. The second kappa shape index (κ2) is 5.62. The smallest absolute Gasteiger partial charge is 0.269 e. The molecule has 0 spiro atoms. The standard InChI is InChI=1S/C13H16N4O2/c1-10(13-14-7-8-16(13)2)15-9-11-3-5-12(6-4-11)17(18)19/h3-8,10,15H,9H2,1-2H3. The maximum atomic E-state index is 10.6. The molecule has 0 aliphatic rings. The summed E-state index contributed by atoms with van der Waals surface area (Å²) in [6.45, 7) is 2.68. The van der Waals surface area contributed by atoms with Crippen molar-refractivity contribution in [1.29, 1.82) is 0 Å². The van der Waals surface area contributed by atoms with Crippen molar-refractivity contribution in [3.8, 4) is 0 Å². The fourth-order valence-electron chi connectivity index (χ4n) is 1.89. The number of hydrogen-bond acceptors (Lipinski definition) is 4. The lowest BCUT2D eigenvalue weighted by molar-refractivity contribution is -0.384. The van der Waals surface area contributed by atoms with Crippen LogP contribution in [0.25, 0.3) is 0 Å². The van der Waals surface area contributed by atoms with Crippen molar-refractivity contribution in [2.24, 2.45) is 7.05 Å². The van der Waals surface area contributed by atoms with Crippen molar-refractivity contribution in [2.45, 2.75) is 19.5 Å². The van der Waals surface area contributed by atoms with Gasteiger partial charge in [0.1, 0.15) is 5.82 Å². The molecule has 1 heterocycles. The second-order valence-electron chi connectivity index (χ2n) is 4.42. The third-order valence-corrected chi connectivity index (χ3v) is 3.01. The molecule has 1 unspecified atom stereocenters. The summed E-state index contributed by atoms with van der Waals surface area (Å²) in [7, 11) is 1.95. The monoisotopic (exact) mass is 260 g/mol. The Balaban J connectivity index is 1.95. The molecule has 1 aromatic carbocycles. The van der Waals surface area contributed by atoms with Crippen molar-refractivity contribution in [3.05, 3.63) is 58.2 Å². The fraction of sp³-hybridized carbons (Fsp3) is 0.308. The van der Waals surface area contributed by atoms with Gasteiger partial charge in [0.25, 0.3) is 5.69 Å². The highest BCUT2D eigenvalue weighted by Crippen LogP contribution is 2.13. The molecule has 19 heavy (non-hydrogen) atoms. The predicted molar refractivity (Wildman–Crippen MR) is 71.6 cm³/mol. The molecule has 2 aromatic rings. The molecule has 0 bridgehead atoms. The number of benzene rings is 1. The quantitative estimate of drug-likeness (QED) is 0.660. The lowest BCUT2D eigenvalue weighted by Gasteiger charge is -2.13. The first-order chi connectivity index (χ1) is 9.08. The highest BCUT2D eigenvalue weighted by atomic mass is 16.6. The van der Waals surface area contributed by atoms with Gasteiger partial charge in [-0.2, -0.15) is 0 Å². The first kappa shape index (κ1) is 13.2. The first-order valence-electron chi connectivity index (χ1n) is 6.02. The molecular formula is C13H16N4O2. The van der Waals surface area contributed by atoms with E-state index >= 15 is 0 Å². The van der Waals surface area contributed by atoms with Gasteiger partial charge in [-0.15, -0.1) is 0 Å². The van der Waals surface area contributed by atoms with Crippen molar-refractivity contribution >= 4 is 5.69 Å². The van der Waals surface area contributed by atoms with Gasteiger partial charge in [0.05, 0.1) is 11.0 Å². The Bertz CT molecular complexity index is 562. The minimum atomic E-state index is -0.395. The van der Waals surface area contributed by atoms with Crippen LogP contribution in [-0.2, 0) is 13.6 Å². The number of nitrogens with zero attached hydrogens (tertiary/aromatic N) is 3. The fourth-order valence-corrected chi connectivity index (χ4v) is 1.89. The van der Waals surface area contributed by atoms with Crippen LogP contribution in [0.3, 0.4) is 0 Å². The van der Waals surface area contributed by atoms with E-state index in [9.17, 15) is 10.1 Å². The average molecular weight is 260 g/mol. The van der Waals surface area contributed by atoms with E-state index in [2.05, 4.69) is 10.3 Å². The number of nitrogens with one attached hydrogen (secondary N) is 1. The average Bonchev–Trinajstić information content (AvgIpc) is 2.83. The summed E-state index contributed by atoms with van der Waals surface area (Å²) < 4.78 is 1.97. The summed E-state index contributed by atoms with van der Waals surface area (Å²) in [6.07, 6.45) is 3.67. The summed E-state index contributed by atoms with van der Waals surface area (Å²) in [4.78, 5) is 14.4. The molecule has 0 saturated heterocycles. The third kappa shape index (κ3) is 3.17. The van der Waals surface area contributed by atoms with Gasteiger partial charge >= 0.3 is 0 Å². The maximum Gasteiger partial charge on any atom is 0.269 e. The molecule has 0 aliphatic carbocycles. The van der Waals surface area contributed by atoms with Crippen LogP contribution in [0.1, 0.15) is 24.4 Å². The molecule has 0 fully saturated rings. The lowest BCUT2D eigenvalue weighted by Crippen LogP contribution is -2.20. The number of rotatable bonds is 5. The van der Waals surface area contributed by atoms with Crippen molar-refractivity contribution in [2.75, 3.05) is 0 Å². The van der Waals surface area contributed by atoms with Crippen LogP contribution < -0.4 is 5.32 Å². The second-order valence-corrected chi connectivity index (χ2v) is 4.42. The summed E-state index contributed by atoms with van der Waals surface area (Å²) >= 11 is 0. The SMILES string of the molecule is CC(NCc1ccc([N+](=O)[O-])cc1)c1nccn1C. The first-order valence-corrected chi connectivity index (χ1v) is 6.02. The van der Waals surface area contributed by atoms with Crippen molar-refractivity contribution < 1.29 is 4.92 Å². The number of imidazole rings is 1. The summed E-state index contributed by atoms with van der Waals surface area (Å²) in [5.74, 6) is 0.960. The van der Waals surface area contributed by atoms with E-state index in [1.165, 1.54) is 12.1 Å². The number of hydrogen-bond donors (Lipinski definition) is 1. The summed E-state index contributed by atoms with van der Waals surface area (Å²) in [5.41, 5.74) is 1.12. The number of nitro groups is 1.